The summed E-state index contributed by atoms with van der Waals surface area (Å²) in [6.07, 6.45) is 1.56. The maximum Gasteiger partial charge on any atom is 0.303 e. The van der Waals surface area contributed by atoms with E-state index in [1.165, 1.54) is 99.7 Å². The fourth-order valence-corrected chi connectivity index (χ4v) is 7.65. The number of amides is 4. The lowest BCUT2D eigenvalue weighted by atomic mass is 10.0. The zero-order valence-corrected chi connectivity index (χ0v) is 40.8. The van der Waals surface area contributed by atoms with Crippen LogP contribution in [0, 0.1) is 0 Å². The molecule has 0 aliphatic rings. The summed E-state index contributed by atoms with van der Waals surface area (Å²) in [6, 6.07) is 25.8. The van der Waals surface area contributed by atoms with Gasteiger partial charge in [0.25, 0.3) is 23.6 Å². The number of esters is 4. The van der Waals surface area contributed by atoms with Crippen LogP contribution in [0.4, 0.5) is 17.1 Å². The number of carbonyl (C=O) groups excluding carboxylic acids is 8. The molecule has 0 aliphatic heterocycles. The quantitative estimate of drug-likeness (QED) is 0.0136. The molecule has 4 N–H and O–H groups in total. The van der Waals surface area contributed by atoms with Crippen LogP contribution in [0.1, 0.15) is 92.7 Å². The van der Waals surface area contributed by atoms with Crippen molar-refractivity contribution >= 4 is 88.1 Å². The van der Waals surface area contributed by atoms with Gasteiger partial charge in [0.15, 0.2) is 12.2 Å². The van der Waals surface area contributed by atoms with E-state index < -0.39 is 96.4 Å². The minimum atomic E-state index is -1.11. The highest BCUT2D eigenvalue weighted by Crippen LogP contribution is 2.29. The second-order valence-electron chi connectivity index (χ2n) is 15.2. The van der Waals surface area contributed by atoms with Crippen molar-refractivity contribution in [3.05, 3.63) is 153 Å². The SMILES string of the molecule is CSc1ccc([C@H](OC(C)=O)[C@H](COC(C)=O)NC(=O)c2ccccc2NC(=O)c2cc(N=[N+]=[N-])cc(C(=O)Nc3ccccc3C(=O)N[C@@H](COC(C)=O)[C@@H](OC(C)=O)c3ccc(SC)cc3)n2)cc1. The number of nitrogens with one attached hydrogen (secondary N) is 4. The number of nitrogens with zero attached hydrogens (tertiary/aromatic N) is 4. The van der Waals surface area contributed by atoms with Gasteiger partial charge in [-0.1, -0.05) is 53.6 Å². The molecular weight excluding hydrogens is 957 g/mol. The molecule has 4 aromatic carbocycles. The van der Waals surface area contributed by atoms with Crippen LogP contribution in [0.25, 0.3) is 10.4 Å². The largest absolute Gasteiger partial charge is 0.464 e. The van der Waals surface area contributed by atoms with E-state index in [1.807, 2.05) is 12.5 Å². The van der Waals surface area contributed by atoms with Crippen molar-refractivity contribution in [3.63, 3.8) is 0 Å². The van der Waals surface area contributed by atoms with Crippen molar-refractivity contribution in [2.45, 2.75) is 61.8 Å². The van der Waals surface area contributed by atoms with Gasteiger partial charge >= 0.3 is 23.9 Å². The molecule has 5 aromatic rings. The van der Waals surface area contributed by atoms with E-state index in [2.05, 4.69) is 36.3 Å². The van der Waals surface area contributed by atoms with E-state index in [1.54, 1.807) is 48.5 Å². The van der Waals surface area contributed by atoms with E-state index in [9.17, 15) is 43.9 Å². The molecule has 0 saturated carbocycles. The Bertz CT molecular complexity index is 2660. The number of azide groups is 1. The molecule has 0 bridgehead atoms. The van der Waals surface area contributed by atoms with Crippen molar-refractivity contribution in [2.75, 3.05) is 36.4 Å². The average molecular weight is 1010 g/mol. The molecule has 20 nitrogen and oxygen atoms in total. The highest BCUT2D eigenvalue weighted by molar-refractivity contribution is 7.98. The number of rotatable bonds is 21. The van der Waals surface area contributed by atoms with Gasteiger partial charge < -0.3 is 40.2 Å². The first-order valence-electron chi connectivity index (χ1n) is 21.4. The van der Waals surface area contributed by atoms with E-state index >= 15 is 0 Å². The third-order valence-electron chi connectivity index (χ3n) is 10.0. The Kier molecular flexibility index (Phi) is 19.7. The topological polar surface area (TPSA) is 283 Å². The normalized spacial score (nSPS) is 12.3. The zero-order valence-electron chi connectivity index (χ0n) is 39.1. The van der Waals surface area contributed by atoms with Crippen LogP contribution >= 0.6 is 23.5 Å². The molecule has 4 amide bonds. The molecule has 0 aliphatic carbocycles. The lowest BCUT2D eigenvalue weighted by molar-refractivity contribution is -0.152. The number of aromatic nitrogens is 1. The first-order chi connectivity index (χ1) is 34.0. The molecule has 1 heterocycles. The van der Waals surface area contributed by atoms with Crippen molar-refractivity contribution < 1.29 is 57.3 Å². The molecule has 0 radical (unpaired) electrons. The van der Waals surface area contributed by atoms with Crippen LogP contribution in [-0.2, 0) is 38.1 Å². The van der Waals surface area contributed by atoms with Crippen LogP contribution in [0.15, 0.2) is 124 Å². The van der Waals surface area contributed by atoms with Crippen molar-refractivity contribution in [2.24, 2.45) is 5.11 Å². The van der Waals surface area contributed by atoms with E-state index in [4.69, 9.17) is 18.9 Å². The summed E-state index contributed by atoms with van der Waals surface area (Å²) in [5.74, 6) is -6.07. The maximum absolute atomic E-state index is 14.0. The van der Waals surface area contributed by atoms with E-state index in [0.717, 1.165) is 21.9 Å². The van der Waals surface area contributed by atoms with Crippen LogP contribution in [-0.4, -0.2) is 90.3 Å². The van der Waals surface area contributed by atoms with Gasteiger partial charge in [-0.05, 0) is 89.8 Å². The minimum absolute atomic E-state index is 0.0311. The number of anilines is 2. The predicted octanol–water partition coefficient (Wildman–Crippen LogP) is 7.90. The Morgan fingerprint density at radius 1 is 0.563 bits per heavy atom. The summed E-state index contributed by atoms with van der Waals surface area (Å²) in [4.78, 5) is 113. The van der Waals surface area contributed by atoms with Crippen LogP contribution < -0.4 is 21.3 Å². The van der Waals surface area contributed by atoms with Crippen molar-refractivity contribution in [1.29, 1.82) is 0 Å². The number of hydrogen-bond donors (Lipinski definition) is 4. The molecule has 71 heavy (non-hydrogen) atoms. The molecule has 368 valence electrons. The number of para-hydroxylation sites is 2. The number of pyridine rings is 1. The fraction of sp³-hybridized carbons (Fsp3) is 0.245. The lowest BCUT2D eigenvalue weighted by Gasteiger charge is -2.28. The van der Waals surface area contributed by atoms with Crippen LogP contribution in [0.3, 0.4) is 0 Å². The zero-order chi connectivity index (χ0) is 51.6. The minimum Gasteiger partial charge on any atom is -0.464 e. The number of ether oxygens (including phenoxy) is 4. The predicted molar refractivity (Wildman–Crippen MR) is 263 cm³/mol. The van der Waals surface area contributed by atoms with Gasteiger partial charge in [-0.3, -0.25) is 38.4 Å². The highest BCUT2D eigenvalue weighted by atomic mass is 32.2. The summed E-state index contributed by atoms with van der Waals surface area (Å²) in [7, 11) is 0. The molecule has 0 spiro atoms. The molecule has 0 saturated heterocycles. The smallest absolute Gasteiger partial charge is 0.303 e. The average Bonchev–Trinajstić information content (AvgIpc) is 3.35. The standard InChI is InChI=1S/C49H48N8O12S2/c1-27(58)66-25-42(44(68-29(3)60)31-15-19-34(70-5)20-16-31)54-46(62)36-11-7-9-13-38(36)52-48(64)40-23-33(56-57-50)24-41(51-40)49(65)53-39-14-10-8-12-37(39)47(63)55-43(26-67-28(2)59)45(69-30(4)61)32-17-21-35(71-6)22-18-32/h7-24,42-45H,25-26H2,1-6H3,(H,52,64)(H,53,65)(H,54,62)(H,55,63)/t42-,43-,44-,45-/m0/s1. The molecule has 0 fully saturated rings. The Hall–Kier alpha value is -8.20. The maximum atomic E-state index is 14.0. The van der Waals surface area contributed by atoms with E-state index in [-0.39, 0.29) is 28.2 Å². The summed E-state index contributed by atoms with van der Waals surface area (Å²) in [5.41, 5.74) is 9.07. The molecular formula is C49H48N8O12S2. The summed E-state index contributed by atoms with van der Waals surface area (Å²) in [5, 5.41) is 14.3. The van der Waals surface area contributed by atoms with Gasteiger partial charge in [-0.25, -0.2) is 4.98 Å². The fourth-order valence-electron chi connectivity index (χ4n) is 6.84. The third-order valence-corrected chi connectivity index (χ3v) is 11.5. The number of benzene rings is 4. The van der Waals surface area contributed by atoms with Gasteiger partial charge in [0.2, 0.25) is 0 Å². The number of thioether (sulfide) groups is 2. The number of carbonyl (C=O) groups is 8. The monoisotopic (exact) mass is 1000 g/mol. The number of hydrogen-bond acceptors (Lipinski definition) is 16. The molecule has 0 unspecified atom stereocenters. The van der Waals surface area contributed by atoms with Crippen molar-refractivity contribution in [1.82, 2.24) is 15.6 Å². The molecule has 1 aromatic heterocycles. The highest BCUT2D eigenvalue weighted by Gasteiger charge is 2.32. The summed E-state index contributed by atoms with van der Waals surface area (Å²) < 4.78 is 21.8. The van der Waals surface area contributed by atoms with Crippen molar-refractivity contribution in [3.8, 4) is 0 Å². The van der Waals surface area contributed by atoms with Gasteiger partial charge in [0, 0.05) is 48.1 Å². The lowest BCUT2D eigenvalue weighted by Crippen LogP contribution is -2.44. The van der Waals surface area contributed by atoms with E-state index in [0.29, 0.717) is 11.1 Å². The Balaban J connectivity index is 1.40. The Labute approximate surface area is 416 Å². The van der Waals surface area contributed by atoms with Gasteiger partial charge in [0.05, 0.1) is 22.5 Å². The molecule has 22 heteroatoms. The summed E-state index contributed by atoms with van der Waals surface area (Å²) in [6.45, 7) is 3.96. The Morgan fingerprint density at radius 2 is 0.944 bits per heavy atom. The first-order valence-corrected chi connectivity index (χ1v) is 23.8. The van der Waals surface area contributed by atoms with Crippen LogP contribution in [0.2, 0.25) is 0 Å². The Morgan fingerprint density at radius 3 is 1.28 bits per heavy atom. The molecule has 5 rings (SSSR count). The molecule has 4 atom stereocenters. The van der Waals surface area contributed by atoms with Crippen LogP contribution in [0.5, 0.6) is 0 Å². The second kappa shape index (κ2) is 26.0. The van der Waals surface area contributed by atoms with Gasteiger partial charge in [-0.15, -0.1) is 23.5 Å². The first kappa shape index (κ1) is 53.8. The summed E-state index contributed by atoms with van der Waals surface area (Å²) >= 11 is 2.98. The third kappa shape index (κ3) is 15.7. The second-order valence-corrected chi connectivity index (χ2v) is 16.9. The van der Waals surface area contributed by atoms with Gasteiger partial charge in [-0.2, -0.15) is 0 Å². The van der Waals surface area contributed by atoms with Gasteiger partial charge in [0.1, 0.15) is 36.7 Å².